The zero-order chi connectivity index (χ0) is 21.2. The lowest BCUT2D eigenvalue weighted by Crippen LogP contribution is -2.68. The summed E-state index contributed by atoms with van der Waals surface area (Å²) in [6.07, 6.45) is 0.748. The van der Waals surface area contributed by atoms with E-state index in [0.717, 1.165) is 0 Å². The van der Waals surface area contributed by atoms with Crippen molar-refractivity contribution in [3.05, 3.63) is 35.6 Å². The van der Waals surface area contributed by atoms with Crippen molar-refractivity contribution >= 4 is 17.7 Å². The van der Waals surface area contributed by atoms with Gasteiger partial charge in [0, 0.05) is 0 Å². The van der Waals surface area contributed by atoms with Crippen LogP contribution < -0.4 is 21.7 Å². The van der Waals surface area contributed by atoms with Crippen molar-refractivity contribution in [1.29, 1.82) is 0 Å². The third kappa shape index (κ3) is 4.49. The van der Waals surface area contributed by atoms with E-state index >= 15 is 0 Å². The third-order valence-corrected chi connectivity index (χ3v) is 5.42. The average molecular weight is 392 g/mol. The molecule has 3 amide bonds. The minimum Gasteiger partial charge on any atom is -0.368 e. The molecular weight excluding hydrogens is 363 g/mol. The number of piperidine rings is 1. The van der Waals surface area contributed by atoms with Crippen LogP contribution in [0.2, 0.25) is 0 Å². The van der Waals surface area contributed by atoms with E-state index < -0.39 is 28.3 Å². The highest BCUT2D eigenvalue weighted by molar-refractivity contribution is 5.98. The van der Waals surface area contributed by atoms with Gasteiger partial charge in [-0.3, -0.25) is 14.4 Å². The second-order valence-corrected chi connectivity index (χ2v) is 8.36. The summed E-state index contributed by atoms with van der Waals surface area (Å²) in [4.78, 5) is 37.8. The Labute approximate surface area is 164 Å². The summed E-state index contributed by atoms with van der Waals surface area (Å²) in [7, 11) is 0. The molecule has 0 aromatic heterocycles. The van der Waals surface area contributed by atoms with Crippen LogP contribution in [-0.2, 0) is 19.8 Å². The van der Waals surface area contributed by atoms with Crippen LogP contribution in [0.3, 0.4) is 0 Å². The average Bonchev–Trinajstić information content (AvgIpc) is 2.62. The van der Waals surface area contributed by atoms with Crippen molar-refractivity contribution in [2.45, 2.75) is 57.0 Å². The van der Waals surface area contributed by atoms with Gasteiger partial charge in [-0.05, 0) is 71.3 Å². The standard InChI is InChI=1S/C20H29FN4O3/c1-18(2,13-5-7-14(21)8-6-13)16(27)25-20(9-11-23-12-10-20)17(28)24-19(3,4)15(22)26/h5-8,23H,9-12H2,1-4H3,(H2,22,26)(H,24,28)(H,25,27). The van der Waals surface area contributed by atoms with Gasteiger partial charge in [-0.15, -0.1) is 0 Å². The number of amides is 3. The van der Waals surface area contributed by atoms with E-state index in [1.807, 2.05) is 0 Å². The van der Waals surface area contributed by atoms with Crippen LogP contribution in [0.4, 0.5) is 4.39 Å². The number of nitrogens with two attached hydrogens (primary N) is 1. The third-order valence-electron chi connectivity index (χ3n) is 5.42. The lowest BCUT2D eigenvalue weighted by Gasteiger charge is -2.41. The fraction of sp³-hybridized carbons (Fsp3) is 0.550. The zero-order valence-electron chi connectivity index (χ0n) is 16.8. The Morgan fingerprint density at radius 1 is 1.07 bits per heavy atom. The molecule has 0 atom stereocenters. The predicted octanol–water partition coefficient (Wildman–Crippen LogP) is 0.722. The predicted molar refractivity (Wildman–Crippen MR) is 104 cm³/mol. The van der Waals surface area contributed by atoms with Crippen molar-refractivity contribution in [1.82, 2.24) is 16.0 Å². The molecule has 1 fully saturated rings. The van der Waals surface area contributed by atoms with Gasteiger partial charge in [0.15, 0.2) is 0 Å². The first-order valence-corrected chi connectivity index (χ1v) is 9.33. The summed E-state index contributed by atoms with van der Waals surface area (Å²) < 4.78 is 13.2. The number of carbonyl (C=O) groups is 3. The second-order valence-electron chi connectivity index (χ2n) is 8.36. The van der Waals surface area contributed by atoms with E-state index in [1.165, 1.54) is 26.0 Å². The molecule has 1 saturated heterocycles. The molecule has 154 valence electrons. The molecule has 1 aromatic carbocycles. The smallest absolute Gasteiger partial charge is 0.246 e. The van der Waals surface area contributed by atoms with E-state index in [4.69, 9.17) is 5.73 Å². The highest BCUT2D eigenvalue weighted by atomic mass is 19.1. The lowest BCUT2D eigenvalue weighted by atomic mass is 9.80. The lowest BCUT2D eigenvalue weighted by molar-refractivity contribution is -0.139. The molecule has 0 saturated carbocycles. The number of hydrogen-bond donors (Lipinski definition) is 4. The number of halogens is 1. The number of carbonyl (C=O) groups excluding carboxylic acids is 3. The molecular formula is C20H29FN4O3. The molecule has 2 rings (SSSR count). The minimum atomic E-state index is -1.24. The number of nitrogens with one attached hydrogen (secondary N) is 3. The first-order valence-electron chi connectivity index (χ1n) is 9.33. The van der Waals surface area contributed by atoms with Gasteiger partial charge in [-0.1, -0.05) is 12.1 Å². The van der Waals surface area contributed by atoms with Crippen molar-refractivity contribution < 1.29 is 18.8 Å². The maximum Gasteiger partial charge on any atom is 0.246 e. The Bertz CT molecular complexity index is 753. The summed E-state index contributed by atoms with van der Waals surface area (Å²) in [5.41, 5.74) is 2.61. The zero-order valence-corrected chi connectivity index (χ0v) is 16.8. The highest BCUT2D eigenvalue weighted by Crippen LogP contribution is 2.27. The minimum absolute atomic E-state index is 0.354. The van der Waals surface area contributed by atoms with Gasteiger partial charge >= 0.3 is 0 Å². The second kappa shape index (κ2) is 7.87. The molecule has 8 heteroatoms. The summed E-state index contributed by atoms with van der Waals surface area (Å²) in [5.74, 6) is -1.85. The van der Waals surface area contributed by atoms with Crippen LogP contribution in [0.1, 0.15) is 46.1 Å². The maximum atomic E-state index is 13.2. The van der Waals surface area contributed by atoms with Crippen molar-refractivity contribution in [2.75, 3.05) is 13.1 Å². The summed E-state index contributed by atoms with van der Waals surface area (Å²) >= 11 is 0. The molecule has 1 heterocycles. The molecule has 28 heavy (non-hydrogen) atoms. The van der Waals surface area contributed by atoms with Gasteiger partial charge in [0.05, 0.1) is 5.41 Å². The maximum absolute atomic E-state index is 13.2. The van der Waals surface area contributed by atoms with Crippen LogP contribution >= 0.6 is 0 Å². The Hall–Kier alpha value is -2.48. The SMILES string of the molecule is CC(C)(NC(=O)C1(NC(=O)C(C)(C)c2ccc(F)cc2)CCNCC1)C(N)=O. The van der Waals surface area contributed by atoms with E-state index in [0.29, 0.717) is 31.5 Å². The Balaban J connectivity index is 2.28. The normalized spacial score (nSPS) is 16.9. The molecule has 0 radical (unpaired) electrons. The number of hydrogen-bond acceptors (Lipinski definition) is 4. The van der Waals surface area contributed by atoms with Crippen molar-refractivity contribution in [2.24, 2.45) is 5.73 Å². The van der Waals surface area contributed by atoms with Crippen LogP contribution in [0.15, 0.2) is 24.3 Å². The van der Waals surface area contributed by atoms with Crippen LogP contribution in [-0.4, -0.2) is 41.9 Å². The Morgan fingerprint density at radius 3 is 2.11 bits per heavy atom. The number of benzene rings is 1. The van der Waals surface area contributed by atoms with Crippen molar-refractivity contribution in [3.63, 3.8) is 0 Å². The van der Waals surface area contributed by atoms with Gasteiger partial charge in [-0.2, -0.15) is 0 Å². The van der Waals surface area contributed by atoms with Gasteiger partial charge in [0.2, 0.25) is 17.7 Å². The summed E-state index contributed by atoms with van der Waals surface area (Å²) in [5, 5.41) is 8.74. The van der Waals surface area contributed by atoms with Crippen LogP contribution in [0, 0.1) is 5.82 Å². The van der Waals surface area contributed by atoms with E-state index in [2.05, 4.69) is 16.0 Å². The topological polar surface area (TPSA) is 113 Å². The molecule has 0 bridgehead atoms. The quantitative estimate of drug-likeness (QED) is 0.571. The molecule has 0 spiro atoms. The highest BCUT2D eigenvalue weighted by Gasteiger charge is 2.46. The molecule has 0 aliphatic carbocycles. The number of rotatable bonds is 6. The van der Waals surface area contributed by atoms with Gasteiger partial charge < -0.3 is 21.7 Å². The van der Waals surface area contributed by atoms with E-state index in [-0.39, 0.29) is 11.7 Å². The van der Waals surface area contributed by atoms with E-state index in [9.17, 15) is 18.8 Å². The fourth-order valence-electron chi connectivity index (χ4n) is 3.10. The van der Waals surface area contributed by atoms with Crippen LogP contribution in [0.5, 0.6) is 0 Å². The first-order chi connectivity index (χ1) is 12.9. The van der Waals surface area contributed by atoms with Gasteiger partial charge in [-0.25, -0.2) is 4.39 Å². The fourth-order valence-corrected chi connectivity index (χ4v) is 3.10. The summed E-state index contributed by atoms with van der Waals surface area (Å²) in [6.45, 7) is 7.56. The van der Waals surface area contributed by atoms with Gasteiger partial charge in [0.25, 0.3) is 0 Å². The van der Waals surface area contributed by atoms with Crippen molar-refractivity contribution in [3.8, 4) is 0 Å². The van der Waals surface area contributed by atoms with E-state index in [1.54, 1.807) is 26.0 Å². The monoisotopic (exact) mass is 392 g/mol. The van der Waals surface area contributed by atoms with Gasteiger partial charge in [0.1, 0.15) is 16.9 Å². The van der Waals surface area contributed by atoms with Crippen LogP contribution in [0.25, 0.3) is 0 Å². The molecule has 1 aliphatic heterocycles. The number of primary amides is 1. The first kappa shape index (κ1) is 21.8. The Kier molecular flexibility index (Phi) is 6.13. The largest absolute Gasteiger partial charge is 0.368 e. The molecule has 1 aliphatic rings. The molecule has 1 aromatic rings. The molecule has 5 N–H and O–H groups in total. The molecule has 7 nitrogen and oxygen atoms in total. The molecule has 0 unspecified atom stereocenters. The summed E-state index contributed by atoms with van der Waals surface area (Å²) in [6, 6.07) is 5.71. The Morgan fingerprint density at radius 2 is 1.61 bits per heavy atom.